The highest BCUT2D eigenvalue weighted by Gasteiger charge is 2.18. The molecule has 1 fully saturated rings. The van der Waals surface area contributed by atoms with Gasteiger partial charge in [0.1, 0.15) is 0 Å². The van der Waals surface area contributed by atoms with Gasteiger partial charge in [0, 0.05) is 23.1 Å². The minimum absolute atomic E-state index is 0. The van der Waals surface area contributed by atoms with E-state index < -0.39 is 0 Å². The Morgan fingerprint density at radius 1 is 0.885 bits per heavy atom. The molecular weight excluding hydrogens is 386 g/mol. The summed E-state index contributed by atoms with van der Waals surface area (Å²) in [6, 6.07) is 20.6. The second kappa shape index (κ2) is 8.59. The van der Waals surface area contributed by atoms with Crippen LogP contribution in [-0.4, -0.2) is 5.78 Å². The lowest BCUT2D eigenvalue weighted by molar-refractivity contribution is -0.657. The van der Waals surface area contributed by atoms with Gasteiger partial charge in [0.25, 0.3) is 0 Å². The van der Waals surface area contributed by atoms with Gasteiger partial charge in [0.2, 0.25) is 17.8 Å². The summed E-state index contributed by atoms with van der Waals surface area (Å²) in [5.74, 6) is 0.849. The first-order chi connectivity index (χ1) is 12.3. The fourth-order valence-electron chi connectivity index (χ4n) is 3.98. The molecule has 1 aromatic heterocycles. The number of rotatable bonds is 4. The molecule has 1 saturated carbocycles. The molecule has 0 atom stereocenters. The molecule has 1 aliphatic rings. The summed E-state index contributed by atoms with van der Waals surface area (Å²) >= 11 is 0. The summed E-state index contributed by atoms with van der Waals surface area (Å²) < 4.78 is 2.03. The van der Waals surface area contributed by atoms with Crippen LogP contribution < -0.4 is 21.5 Å². The number of halogens is 1. The zero-order valence-corrected chi connectivity index (χ0v) is 16.5. The maximum absolute atomic E-state index is 12.7. The van der Waals surface area contributed by atoms with Gasteiger partial charge < -0.3 is 17.0 Å². The van der Waals surface area contributed by atoms with Crippen molar-refractivity contribution in [3.63, 3.8) is 0 Å². The number of nitrogens with zero attached hydrogens (tertiary/aromatic N) is 1. The third-order valence-corrected chi connectivity index (χ3v) is 5.41. The predicted molar refractivity (Wildman–Crippen MR) is 101 cm³/mol. The predicted octanol–water partition coefficient (Wildman–Crippen LogP) is 2.06. The van der Waals surface area contributed by atoms with Crippen LogP contribution in [0.5, 0.6) is 0 Å². The number of benzene rings is 2. The van der Waals surface area contributed by atoms with E-state index in [2.05, 4.69) is 30.3 Å². The molecule has 4 rings (SSSR count). The maximum Gasteiger partial charge on any atom is 0.227 e. The molecule has 0 amide bonds. The summed E-state index contributed by atoms with van der Waals surface area (Å²) in [4.78, 5) is 12.7. The average molecular weight is 410 g/mol. The summed E-state index contributed by atoms with van der Waals surface area (Å²) in [6.45, 7) is 0.379. The number of hydrogen-bond donors (Lipinski definition) is 0. The number of ketones is 1. The molecule has 0 bridgehead atoms. The van der Waals surface area contributed by atoms with E-state index in [1.165, 1.54) is 37.7 Å². The van der Waals surface area contributed by atoms with E-state index >= 15 is 0 Å². The number of hydrogen-bond acceptors (Lipinski definition) is 1. The van der Waals surface area contributed by atoms with E-state index in [0.29, 0.717) is 12.5 Å². The SMILES string of the molecule is O=C(C[n+]1cccc2ccccc21)c1ccc(C2CCCCC2)cc1.[Br-]. The number of Topliss-reactive ketones (excluding diaryl/α,β-unsaturated/α-hetero) is 1. The summed E-state index contributed by atoms with van der Waals surface area (Å²) in [6.07, 6.45) is 8.61. The Hall–Kier alpha value is -2.00. The Morgan fingerprint density at radius 3 is 2.35 bits per heavy atom. The molecule has 134 valence electrons. The van der Waals surface area contributed by atoms with Gasteiger partial charge in [-0.15, -0.1) is 0 Å². The van der Waals surface area contributed by atoms with Crippen molar-refractivity contribution in [1.29, 1.82) is 0 Å². The Morgan fingerprint density at radius 2 is 1.58 bits per heavy atom. The molecule has 0 saturated heterocycles. The monoisotopic (exact) mass is 409 g/mol. The average Bonchev–Trinajstić information content (AvgIpc) is 2.69. The molecule has 0 spiro atoms. The highest BCUT2D eigenvalue weighted by atomic mass is 79.9. The molecule has 3 heteroatoms. The van der Waals surface area contributed by atoms with Crippen molar-refractivity contribution in [3.05, 3.63) is 78.0 Å². The van der Waals surface area contributed by atoms with Crippen LogP contribution in [0.2, 0.25) is 0 Å². The first-order valence-electron chi connectivity index (χ1n) is 9.31. The molecule has 2 nitrogen and oxygen atoms in total. The largest absolute Gasteiger partial charge is 1.00 e. The van der Waals surface area contributed by atoms with E-state index in [4.69, 9.17) is 0 Å². The van der Waals surface area contributed by atoms with Crippen molar-refractivity contribution >= 4 is 16.7 Å². The van der Waals surface area contributed by atoms with Gasteiger partial charge >= 0.3 is 0 Å². The van der Waals surface area contributed by atoms with Crippen molar-refractivity contribution in [1.82, 2.24) is 0 Å². The van der Waals surface area contributed by atoms with Gasteiger partial charge in [-0.05, 0) is 36.5 Å². The number of fused-ring (bicyclic) bond motifs is 1. The maximum atomic E-state index is 12.7. The number of aromatic nitrogens is 1. The first-order valence-corrected chi connectivity index (χ1v) is 9.31. The smallest absolute Gasteiger partial charge is 0.227 e. The zero-order chi connectivity index (χ0) is 17.1. The minimum Gasteiger partial charge on any atom is -1.00 e. The topological polar surface area (TPSA) is 20.9 Å². The van der Waals surface area contributed by atoms with Gasteiger partial charge in [-0.1, -0.05) is 55.7 Å². The fraction of sp³-hybridized carbons (Fsp3) is 0.304. The second-order valence-electron chi connectivity index (χ2n) is 7.08. The lowest BCUT2D eigenvalue weighted by atomic mass is 9.84. The van der Waals surface area contributed by atoms with Crippen molar-refractivity contribution in [2.24, 2.45) is 0 Å². The molecule has 0 radical (unpaired) electrons. The van der Waals surface area contributed by atoms with Gasteiger partial charge in [-0.2, -0.15) is 4.57 Å². The third-order valence-electron chi connectivity index (χ3n) is 5.41. The molecule has 0 unspecified atom stereocenters. The molecule has 0 N–H and O–H groups in total. The van der Waals surface area contributed by atoms with Crippen LogP contribution in [0.15, 0.2) is 66.9 Å². The Bertz CT molecular complexity index is 877. The Labute approximate surface area is 165 Å². The van der Waals surface area contributed by atoms with Crippen LogP contribution in [-0.2, 0) is 6.54 Å². The standard InChI is InChI=1S/C23H24NO.BrH/c25-23(17-24-16-6-10-20-9-4-5-11-22(20)24)21-14-12-19(13-15-21)18-7-2-1-3-8-18;/h4-6,9-16,18H,1-3,7-8,17H2;1H/q+1;/p-1. The normalized spacial score (nSPS) is 14.8. The van der Waals surface area contributed by atoms with E-state index in [9.17, 15) is 4.79 Å². The quantitative estimate of drug-likeness (QED) is 0.477. The van der Waals surface area contributed by atoms with Crippen LogP contribution in [0.3, 0.4) is 0 Å². The van der Waals surface area contributed by atoms with E-state index in [0.717, 1.165) is 16.5 Å². The van der Waals surface area contributed by atoms with E-state index in [-0.39, 0.29) is 22.8 Å². The fourth-order valence-corrected chi connectivity index (χ4v) is 3.98. The van der Waals surface area contributed by atoms with Crippen LogP contribution in [0, 0.1) is 0 Å². The molecule has 26 heavy (non-hydrogen) atoms. The number of para-hydroxylation sites is 1. The second-order valence-corrected chi connectivity index (χ2v) is 7.08. The molecular formula is C23H24BrNO. The van der Waals surface area contributed by atoms with Gasteiger partial charge in [0.05, 0.1) is 0 Å². The Balaban J connectivity index is 0.00000196. The van der Waals surface area contributed by atoms with E-state index in [1.807, 2.05) is 41.1 Å². The minimum atomic E-state index is 0. The molecule has 1 aliphatic carbocycles. The van der Waals surface area contributed by atoms with Crippen LogP contribution in [0.1, 0.15) is 53.9 Å². The van der Waals surface area contributed by atoms with Crippen LogP contribution in [0.4, 0.5) is 0 Å². The first kappa shape index (κ1) is 18.8. The highest BCUT2D eigenvalue weighted by molar-refractivity contribution is 5.95. The number of carbonyl (C=O) groups excluding carboxylic acids is 1. The molecule has 2 aromatic carbocycles. The van der Waals surface area contributed by atoms with Crippen molar-refractivity contribution in [2.45, 2.75) is 44.6 Å². The Kier molecular flexibility index (Phi) is 6.20. The summed E-state index contributed by atoms with van der Waals surface area (Å²) in [5.41, 5.74) is 3.30. The zero-order valence-electron chi connectivity index (χ0n) is 14.9. The lowest BCUT2D eigenvalue weighted by Crippen LogP contribution is -3.00. The third kappa shape index (κ3) is 4.04. The van der Waals surface area contributed by atoms with E-state index in [1.54, 1.807) is 0 Å². The number of carbonyl (C=O) groups is 1. The molecule has 0 aliphatic heterocycles. The summed E-state index contributed by atoms with van der Waals surface area (Å²) in [5, 5.41) is 1.16. The van der Waals surface area contributed by atoms with Gasteiger partial charge in [0.15, 0.2) is 6.20 Å². The van der Waals surface area contributed by atoms with Crippen molar-refractivity contribution < 1.29 is 26.3 Å². The molecule has 1 heterocycles. The van der Waals surface area contributed by atoms with Gasteiger partial charge in [-0.25, -0.2) is 0 Å². The van der Waals surface area contributed by atoms with Crippen LogP contribution >= 0.6 is 0 Å². The van der Waals surface area contributed by atoms with Crippen molar-refractivity contribution in [3.8, 4) is 0 Å². The number of pyridine rings is 1. The molecule has 3 aromatic rings. The lowest BCUT2D eigenvalue weighted by Gasteiger charge is -2.21. The highest BCUT2D eigenvalue weighted by Crippen LogP contribution is 2.32. The van der Waals surface area contributed by atoms with Gasteiger partial charge in [-0.3, -0.25) is 4.79 Å². The van der Waals surface area contributed by atoms with Crippen LogP contribution in [0.25, 0.3) is 10.9 Å². The van der Waals surface area contributed by atoms with Crippen molar-refractivity contribution in [2.75, 3.05) is 0 Å². The summed E-state index contributed by atoms with van der Waals surface area (Å²) in [7, 11) is 0.